The summed E-state index contributed by atoms with van der Waals surface area (Å²) in [5.41, 5.74) is 1.89. The molecule has 0 saturated carbocycles. The summed E-state index contributed by atoms with van der Waals surface area (Å²) in [7, 11) is 0. The maximum atomic E-state index is 11.4. The maximum absolute atomic E-state index is 11.4. The molecule has 2 heteroatoms. The molecular formula is C10H11O2. The van der Waals surface area contributed by atoms with Crippen LogP contribution in [0.25, 0.3) is 0 Å². The van der Waals surface area contributed by atoms with Crippen molar-refractivity contribution in [3.8, 4) is 5.75 Å². The molecule has 0 amide bonds. The highest BCUT2D eigenvalue weighted by atomic mass is 16.3. The van der Waals surface area contributed by atoms with E-state index >= 15 is 0 Å². The topological polar surface area (TPSA) is 37.0 Å². The van der Waals surface area contributed by atoms with Crippen LogP contribution in [0.5, 0.6) is 5.75 Å². The first kappa shape index (κ1) is 8.78. The summed E-state index contributed by atoms with van der Waals surface area (Å²) in [6.07, 6.45) is 0. The number of hydrogen-bond donors (Lipinski definition) is 0. The van der Waals surface area contributed by atoms with Gasteiger partial charge in [-0.2, -0.15) is 0 Å². The van der Waals surface area contributed by atoms with E-state index in [0.29, 0.717) is 5.56 Å². The maximum Gasteiger partial charge on any atom is 0.192 e. The molecule has 1 rings (SSSR count). The molecular weight excluding hydrogens is 152 g/mol. The van der Waals surface area contributed by atoms with Crippen LogP contribution in [0.15, 0.2) is 12.1 Å². The molecule has 0 N–H and O–H groups in total. The summed E-state index contributed by atoms with van der Waals surface area (Å²) in [4.78, 5) is 10.9. The molecule has 0 unspecified atom stereocenters. The molecule has 0 atom stereocenters. The van der Waals surface area contributed by atoms with Gasteiger partial charge in [0.1, 0.15) is 0 Å². The lowest BCUT2D eigenvalue weighted by molar-refractivity contribution is 0.101. The Morgan fingerprint density at radius 1 is 1.25 bits per heavy atom. The number of carbonyl (C=O) groups excluding carboxylic acids is 1. The molecule has 0 aliphatic heterocycles. The smallest absolute Gasteiger partial charge is 0.192 e. The van der Waals surface area contributed by atoms with Crippen molar-refractivity contribution in [3.63, 3.8) is 0 Å². The fraction of sp³-hybridized carbons (Fsp3) is 0.300. The van der Waals surface area contributed by atoms with Crippen molar-refractivity contribution in [3.05, 3.63) is 28.8 Å². The Morgan fingerprint density at radius 3 is 2.33 bits per heavy atom. The first-order valence-electron chi connectivity index (χ1n) is 3.82. The van der Waals surface area contributed by atoms with Crippen LogP contribution in [-0.2, 0) is 5.11 Å². The molecule has 12 heavy (non-hydrogen) atoms. The molecule has 0 aliphatic rings. The number of aryl methyl sites for hydroxylation is 1. The Balaban J connectivity index is 3.36. The van der Waals surface area contributed by atoms with E-state index in [-0.39, 0.29) is 17.1 Å². The Kier molecular flexibility index (Phi) is 2.18. The van der Waals surface area contributed by atoms with Crippen LogP contribution < -0.4 is 0 Å². The van der Waals surface area contributed by atoms with Gasteiger partial charge in [-0.3, -0.25) is 9.90 Å². The van der Waals surface area contributed by atoms with Gasteiger partial charge in [0, 0.05) is 5.56 Å². The zero-order valence-electron chi connectivity index (χ0n) is 7.47. The van der Waals surface area contributed by atoms with Gasteiger partial charge in [-0.25, -0.2) is 0 Å². The number of ketones is 1. The second-order valence-electron chi connectivity index (χ2n) is 2.94. The fourth-order valence-electron chi connectivity index (χ4n) is 1.07. The monoisotopic (exact) mass is 163 g/mol. The van der Waals surface area contributed by atoms with Gasteiger partial charge < -0.3 is 0 Å². The van der Waals surface area contributed by atoms with E-state index in [2.05, 4.69) is 0 Å². The van der Waals surface area contributed by atoms with E-state index in [1.54, 1.807) is 19.1 Å². The molecule has 0 aromatic heterocycles. The van der Waals surface area contributed by atoms with Crippen molar-refractivity contribution in [1.29, 1.82) is 0 Å². The quantitative estimate of drug-likeness (QED) is 0.586. The first-order chi connectivity index (χ1) is 5.54. The lowest BCUT2D eigenvalue weighted by atomic mass is 10.0. The Bertz CT molecular complexity index is 327. The van der Waals surface area contributed by atoms with Gasteiger partial charge in [-0.1, -0.05) is 6.07 Å². The van der Waals surface area contributed by atoms with Crippen molar-refractivity contribution >= 4 is 5.78 Å². The van der Waals surface area contributed by atoms with Crippen LogP contribution in [-0.4, -0.2) is 5.78 Å². The molecule has 0 spiro atoms. The lowest BCUT2D eigenvalue weighted by Gasteiger charge is -2.03. The normalized spacial score (nSPS) is 9.92. The van der Waals surface area contributed by atoms with Crippen LogP contribution in [0.2, 0.25) is 0 Å². The van der Waals surface area contributed by atoms with Crippen molar-refractivity contribution in [2.45, 2.75) is 20.8 Å². The highest BCUT2D eigenvalue weighted by Crippen LogP contribution is 2.25. The van der Waals surface area contributed by atoms with Crippen LogP contribution >= 0.6 is 0 Å². The van der Waals surface area contributed by atoms with Crippen LogP contribution in [0.4, 0.5) is 0 Å². The largest absolute Gasteiger partial charge is 0.294 e. The molecule has 0 heterocycles. The number of benzene rings is 1. The van der Waals surface area contributed by atoms with Crippen LogP contribution in [0.1, 0.15) is 28.4 Å². The molecule has 0 saturated heterocycles. The number of rotatable bonds is 1. The summed E-state index contributed by atoms with van der Waals surface area (Å²) in [6.45, 7) is 5.01. The lowest BCUT2D eigenvalue weighted by Crippen LogP contribution is -1.94. The first-order valence-corrected chi connectivity index (χ1v) is 3.82. The molecule has 1 radical (unpaired) electrons. The molecule has 0 bridgehead atoms. The van der Waals surface area contributed by atoms with Gasteiger partial charge in [0.25, 0.3) is 0 Å². The van der Waals surface area contributed by atoms with E-state index in [9.17, 15) is 9.90 Å². The minimum Gasteiger partial charge on any atom is -0.294 e. The highest BCUT2D eigenvalue weighted by molar-refractivity contribution is 5.97. The summed E-state index contributed by atoms with van der Waals surface area (Å²) in [5, 5.41) is 11.4. The van der Waals surface area contributed by atoms with Gasteiger partial charge in [-0.05, 0) is 32.4 Å². The van der Waals surface area contributed by atoms with Gasteiger partial charge in [0.05, 0.1) is 5.56 Å². The van der Waals surface area contributed by atoms with E-state index in [4.69, 9.17) is 0 Å². The van der Waals surface area contributed by atoms with Gasteiger partial charge in [-0.15, -0.1) is 0 Å². The zero-order valence-corrected chi connectivity index (χ0v) is 7.47. The van der Waals surface area contributed by atoms with Crippen LogP contribution in [0.3, 0.4) is 0 Å². The fourth-order valence-corrected chi connectivity index (χ4v) is 1.07. The number of Topliss-reactive ketones (excluding diaryl/α,β-unsaturated/α-hetero) is 1. The van der Waals surface area contributed by atoms with Gasteiger partial charge in [0.2, 0.25) is 0 Å². The average Bonchev–Trinajstić information content (AvgIpc) is 2.00. The van der Waals surface area contributed by atoms with Crippen molar-refractivity contribution in [1.82, 2.24) is 0 Å². The van der Waals surface area contributed by atoms with Gasteiger partial charge >= 0.3 is 0 Å². The summed E-state index contributed by atoms with van der Waals surface area (Å²) in [5.74, 6) is -0.300. The zero-order chi connectivity index (χ0) is 9.30. The molecule has 1 aromatic carbocycles. The standard InChI is InChI=1S/C10H11O2/c1-6-4-5-9(8(3)11)10(12)7(6)2/h4-5H,1-3H3. The SMILES string of the molecule is CC(=O)c1ccc(C)c(C)c1[O]. The summed E-state index contributed by atoms with van der Waals surface area (Å²) in [6, 6.07) is 3.39. The highest BCUT2D eigenvalue weighted by Gasteiger charge is 2.11. The Labute approximate surface area is 71.8 Å². The van der Waals surface area contributed by atoms with Crippen LogP contribution in [0, 0.1) is 13.8 Å². The van der Waals surface area contributed by atoms with Crippen molar-refractivity contribution in [2.24, 2.45) is 0 Å². The Morgan fingerprint density at radius 2 is 1.83 bits per heavy atom. The molecule has 1 aromatic rings. The minimum absolute atomic E-state index is 0.137. The third-order valence-corrected chi connectivity index (χ3v) is 2.06. The Hall–Kier alpha value is -1.31. The van der Waals surface area contributed by atoms with E-state index < -0.39 is 0 Å². The summed E-state index contributed by atoms with van der Waals surface area (Å²) < 4.78 is 0. The third-order valence-electron chi connectivity index (χ3n) is 2.06. The number of hydrogen-bond acceptors (Lipinski definition) is 1. The van der Waals surface area contributed by atoms with Crippen molar-refractivity contribution in [2.75, 3.05) is 0 Å². The molecule has 0 aliphatic carbocycles. The second-order valence-corrected chi connectivity index (χ2v) is 2.94. The minimum atomic E-state index is -0.164. The van der Waals surface area contributed by atoms with E-state index in [0.717, 1.165) is 5.56 Å². The summed E-state index contributed by atoms with van der Waals surface area (Å²) >= 11 is 0. The predicted octanol–water partition coefficient (Wildman–Crippen LogP) is 2.65. The van der Waals surface area contributed by atoms with E-state index in [1.807, 2.05) is 6.92 Å². The van der Waals surface area contributed by atoms with Crippen molar-refractivity contribution < 1.29 is 9.90 Å². The average molecular weight is 163 g/mol. The van der Waals surface area contributed by atoms with Gasteiger partial charge in [0.15, 0.2) is 11.5 Å². The third kappa shape index (κ3) is 1.33. The van der Waals surface area contributed by atoms with E-state index in [1.165, 1.54) is 6.92 Å². The molecule has 63 valence electrons. The predicted molar refractivity (Wildman–Crippen MR) is 46.1 cm³/mol. The number of carbonyl (C=O) groups is 1. The second kappa shape index (κ2) is 2.97. The molecule has 2 nitrogen and oxygen atoms in total. The molecule has 0 fully saturated rings.